The highest BCUT2D eigenvalue weighted by Crippen LogP contribution is 2.27. The maximum Gasteiger partial charge on any atom is 0.251 e. The summed E-state index contributed by atoms with van der Waals surface area (Å²) in [6, 6.07) is 30.1. The number of hydrogen-bond acceptors (Lipinski definition) is 6. The van der Waals surface area contributed by atoms with Crippen LogP contribution in [0.15, 0.2) is 109 Å². The van der Waals surface area contributed by atoms with Crippen molar-refractivity contribution in [2.45, 2.75) is 44.9 Å². The van der Waals surface area contributed by atoms with Crippen molar-refractivity contribution in [3.05, 3.63) is 136 Å². The number of nitrogens with two attached hydrogens (primary N) is 1. The molecule has 8 nitrogen and oxygen atoms in total. The fourth-order valence-corrected chi connectivity index (χ4v) is 6.14. The molecule has 5 N–H and O–H groups in total. The summed E-state index contributed by atoms with van der Waals surface area (Å²) in [7, 11) is 0. The van der Waals surface area contributed by atoms with Gasteiger partial charge < -0.3 is 26.4 Å². The molecule has 5 rings (SSSR count). The Morgan fingerprint density at radius 3 is 2.11 bits per heavy atom. The summed E-state index contributed by atoms with van der Waals surface area (Å²) in [4.78, 5) is 40.9. The van der Waals surface area contributed by atoms with Crippen LogP contribution < -0.4 is 26.4 Å². The van der Waals surface area contributed by atoms with Gasteiger partial charge >= 0.3 is 0 Å². The highest BCUT2D eigenvalue weighted by molar-refractivity contribution is 7.17. The van der Waals surface area contributed by atoms with E-state index < -0.39 is 18.0 Å². The molecule has 0 spiro atoms. The molecule has 0 aliphatic rings. The second-order valence-electron chi connectivity index (χ2n) is 10.9. The van der Waals surface area contributed by atoms with Gasteiger partial charge in [-0.25, -0.2) is 0 Å². The van der Waals surface area contributed by atoms with Crippen molar-refractivity contribution < 1.29 is 19.1 Å². The van der Waals surface area contributed by atoms with Crippen LogP contribution in [0.3, 0.4) is 0 Å². The molecule has 4 aromatic carbocycles. The molecule has 0 aliphatic heterocycles. The van der Waals surface area contributed by atoms with Crippen molar-refractivity contribution in [3.8, 4) is 5.75 Å². The molecule has 2 unspecified atom stereocenters. The number of carbonyl (C=O) groups excluding carboxylic acids is 3. The monoisotopic (exact) mass is 634 g/mol. The minimum Gasteiger partial charge on any atom is -0.494 e. The number of ether oxygens (including phenoxy) is 1. The van der Waals surface area contributed by atoms with Crippen LogP contribution in [0, 0.1) is 0 Å². The number of thiophene rings is 1. The van der Waals surface area contributed by atoms with Crippen LogP contribution in [0.4, 0.5) is 0 Å². The largest absolute Gasteiger partial charge is 0.494 e. The van der Waals surface area contributed by atoms with Crippen molar-refractivity contribution in [2.24, 2.45) is 5.73 Å². The van der Waals surface area contributed by atoms with Gasteiger partial charge in [0.25, 0.3) is 5.91 Å². The molecule has 0 saturated heterocycles. The van der Waals surface area contributed by atoms with Gasteiger partial charge in [-0.05, 0) is 70.3 Å². The summed E-state index contributed by atoms with van der Waals surface area (Å²) in [5.41, 5.74) is 9.88. The summed E-state index contributed by atoms with van der Waals surface area (Å²) >= 11 is 1.60. The average molecular weight is 635 g/mol. The molecule has 3 amide bonds. The SMILES string of the molecule is CCOc1ccc(CC(NC(=O)c2ccccc2)C(=O)NC(Cc2csc3ccccc23)C(=O)NCc2ccc(CN)cc2)cc1. The van der Waals surface area contributed by atoms with Crippen LogP contribution in [0.25, 0.3) is 10.1 Å². The number of benzene rings is 4. The number of fused-ring (bicyclic) bond motifs is 1. The quantitative estimate of drug-likeness (QED) is 0.135. The van der Waals surface area contributed by atoms with Gasteiger partial charge in [0, 0.05) is 36.2 Å². The van der Waals surface area contributed by atoms with Crippen LogP contribution in [0.2, 0.25) is 0 Å². The van der Waals surface area contributed by atoms with E-state index in [0.717, 1.165) is 38.1 Å². The predicted octanol–water partition coefficient (Wildman–Crippen LogP) is 5.14. The molecular weight excluding hydrogens is 596 g/mol. The minimum atomic E-state index is -0.941. The third-order valence-electron chi connectivity index (χ3n) is 7.68. The van der Waals surface area contributed by atoms with Crippen LogP contribution in [-0.2, 0) is 35.5 Å². The highest BCUT2D eigenvalue weighted by Gasteiger charge is 2.28. The number of hydrogen-bond donors (Lipinski definition) is 4. The van der Waals surface area contributed by atoms with Crippen molar-refractivity contribution in [1.29, 1.82) is 0 Å². The Kier molecular flexibility index (Phi) is 11.2. The Labute approximate surface area is 273 Å². The van der Waals surface area contributed by atoms with Gasteiger partial charge in [0.1, 0.15) is 17.8 Å². The van der Waals surface area contributed by atoms with E-state index >= 15 is 0 Å². The van der Waals surface area contributed by atoms with Crippen molar-refractivity contribution in [3.63, 3.8) is 0 Å². The first-order valence-corrected chi connectivity index (χ1v) is 16.2. The molecule has 2 atom stereocenters. The molecule has 0 radical (unpaired) electrons. The second-order valence-corrected chi connectivity index (χ2v) is 11.8. The molecule has 236 valence electrons. The van der Waals surface area contributed by atoms with Gasteiger partial charge in [-0.3, -0.25) is 14.4 Å². The Morgan fingerprint density at radius 2 is 1.39 bits per heavy atom. The van der Waals surface area contributed by atoms with E-state index in [4.69, 9.17) is 10.5 Å². The Bertz CT molecular complexity index is 1750. The maximum atomic E-state index is 14.0. The summed E-state index contributed by atoms with van der Waals surface area (Å²) in [5, 5.41) is 11.9. The third kappa shape index (κ3) is 8.59. The normalized spacial score (nSPS) is 12.2. The first-order valence-electron chi connectivity index (χ1n) is 15.3. The molecule has 9 heteroatoms. The van der Waals surface area contributed by atoms with E-state index in [-0.39, 0.29) is 24.7 Å². The lowest BCUT2D eigenvalue weighted by Gasteiger charge is -2.24. The van der Waals surface area contributed by atoms with E-state index in [2.05, 4.69) is 16.0 Å². The molecule has 46 heavy (non-hydrogen) atoms. The van der Waals surface area contributed by atoms with Crippen LogP contribution in [0.5, 0.6) is 5.75 Å². The number of amides is 3. The van der Waals surface area contributed by atoms with E-state index in [9.17, 15) is 14.4 Å². The van der Waals surface area contributed by atoms with Gasteiger partial charge in [0.15, 0.2) is 0 Å². The molecule has 1 heterocycles. The topological polar surface area (TPSA) is 123 Å². The Hall–Kier alpha value is -4.99. The van der Waals surface area contributed by atoms with E-state index in [1.165, 1.54) is 0 Å². The van der Waals surface area contributed by atoms with Gasteiger partial charge in [-0.2, -0.15) is 0 Å². The van der Waals surface area contributed by atoms with Crippen molar-refractivity contribution in [2.75, 3.05) is 6.61 Å². The molecule has 1 aromatic heterocycles. The smallest absolute Gasteiger partial charge is 0.251 e. The zero-order valence-electron chi connectivity index (χ0n) is 25.7. The van der Waals surface area contributed by atoms with Gasteiger partial charge in [0.2, 0.25) is 11.8 Å². The Balaban J connectivity index is 1.38. The van der Waals surface area contributed by atoms with E-state index in [0.29, 0.717) is 25.3 Å². The number of nitrogens with one attached hydrogen (secondary N) is 3. The third-order valence-corrected chi connectivity index (χ3v) is 8.69. The summed E-state index contributed by atoms with van der Waals surface area (Å²) < 4.78 is 6.67. The lowest BCUT2D eigenvalue weighted by molar-refractivity contribution is -0.130. The van der Waals surface area contributed by atoms with Crippen LogP contribution in [-0.4, -0.2) is 36.4 Å². The van der Waals surface area contributed by atoms with Crippen LogP contribution in [0.1, 0.15) is 39.5 Å². The zero-order valence-corrected chi connectivity index (χ0v) is 26.5. The standard InChI is InChI=1S/C37H38N4O4S/c1-2-45-30-18-16-25(17-19-30)20-32(40-35(42)28-8-4-3-5-9-28)37(44)41-33(21-29-24-46-34-11-7-6-10-31(29)34)36(43)39-23-27-14-12-26(22-38)13-15-27/h3-19,24,32-33H,2,20-23,38H2,1H3,(H,39,43)(H,40,42)(H,41,44). The minimum absolute atomic E-state index is 0.222. The Morgan fingerprint density at radius 1 is 0.739 bits per heavy atom. The molecule has 0 saturated carbocycles. The van der Waals surface area contributed by atoms with Gasteiger partial charge in [-0.1, -0.05) is 72.8 Å². The predicted molar refractivity (Wildman–Crippen MR) is 183 cm³/mol. The maximum absolute atomic E-state index is 14.0. The van der Waals surface area contributed by atoms with E-state index in [1.807, 2.05) is 91.2 Å². The van der Waals surface area contributed by atoms with E-state index in [1.54, 1.807) is 35.6 Å². The summed E-state index contributed by atoms with van der Waals surface area (Å²) in [5.74, 6) is -0.429. The zero-order chi connectivity index (χ0) is 32.3. The van der Waals surface area contributed by atoms with Crippen LogP contribution >= 0.6 is 11.3 Å². The second kappa shape index (κ2) is 15.8. The molecular formula is C37H38N4O4S. The average Bonchev–Trinajstić information content (AvgIpc) is 3.50. The first kappa shape index (κ1) is 32.4. The molecule has 0 bridgehead atoms. The lowest BCUT2D eigenvalue weighted by Crippen LogP contribution is -2.55. The van der Waals surface area contributed by atoms with Crippen molar-refractivity contribution >= 4 is 39.1 Å². The number of rotatable bonds is 14. The fourth-order valence-electron chi connectivity index (χ4n) is 5.16. The molecule has 0 aliphatic carbocycles. The highest BCUT2D eigenvalue weighted by atomic mass is 32.1. The molecule has 5 aromatic rings. The van der Waals surface area contributed by atoms with Gasteiger partial charge in [-0.15, -0.1) is 11.3 Å². The number of carbonyl (C=O) groups is 3. The van der Waals surface area contributed by atoms with Gasteiger partial charge in [0.05, 0.1) is 6.61 Å². The summed E-state index contributed by atoms with van der Waals surface area (Å²) in [6.07, 6.45) is 0.510. The summed E-state index contributed by atoms with van der Waals surface area (Å²) in [6.45, 7) is 3.19. The lowest BCUT2D eigenvalue weighted by atomic mass is 10.0. The first-order chi connectivity index (χ1) is 22.4. The van der Waals surface area contributed by atoms with Crippen molar-refractivity contribution in [1.82, 2.24) is 16.0 Å². The fraction of sp³-hybridized carbons (Fsp3) is 0.216. The molecule has 0 fully saturated rings.